The lowest BCUT2D eigenvalue weighted by Crippen LogP contribution is -2.32. The predicted molar refractivity (Wildman–Crippen MR) is 59.0 cm³/mol. The minimum absolute atomic E-state index is 0.0727. The molecule has 0 aliphatic heterocycles. The molecule has 1 heterocycles. The van der Waals surface area contributed by atoms with Gasteiger partial charge in [0.1, 0.15) is 11.4 Å². The van der Waals surface area contributed by atoms with Crippen molar-refractivity contribution in [2.75, 3.05) is 0 Å². The molecule has 0 spiro atoms. The Labute approximate surface area is 94.5 Å². The molecule has 1 rings (SSSR count). The summed E-state index contributed by atoms with van der Waals surface area (Å²) in [6.45, 7) is 5.66. The van der Waals surface area contributed by atoms with Crippen LogP contribution in [-0.2, 0) is 11.3 Å². The van der Waals surface area contributed by atoms with E-state index in [1.165, 1.54) is 12.3 Å². The molecule has 0 aliphatic rings. The molecule has 0 aromatic carbocycles. The minimum Gasteiger partial charge on any atom is -0.506 e. The number of alkyl carbamates (subject to hydrolysis) is 1. The average molecular weight is 224 g/mol. The first-order valence-electron chi connectivity index (χ1n) is 4.96. The fourth-order valence-corrected chi connectivity index (χ4v) is 1.06. The normalized spacial score (nSPS) is 10.9. The van der Waals surface area contributed by atoms with E-state index in [1.54, 1.807) is 27.0 Å². The van der Waals surface area contributed by atoms with Crippen LogP contribution in [0.3, 0.4) is 0 Å². The topological polar surface area (TPSA) is 71.5 Å². The molecule has 0 radical (unpaired) electrons. The fourth-order valence-electron chi connectivity index (χ4n) is 1.06. The number of amides is 1. The van der Waals surface area contributed by atoms with E-state index in [4.69, 9.17) is 9.84 Å². The second kappa shape index (κ2) is 4.83. The summed E-state index contributed by atoms with van der Waals surface area (Å²) in [5.41, 5.74) is 0.201. The Morgan fingerprint density at radius 2 is 2.19 bits per heavy atom. The summed E-state index contributed by atoms with van der Waals surface area (Å²) in [5.74, 6) is 0.0727. The number of nitrogens with one attached hydrogen (secondary N) is 1. The highest BCUT2D eigenvalue weighted by Crippen LogP contribution is 2.09. The van der Waals surface area contributed by atoms with Crippen molar-refractivity contribution >= 4 is 6.09 Å². The van der Waals surface area contributed by atoms with Crippen molar-refractivity contribution in [3.8, 4) is 5.75 Å². The minimum atomic E-state index is -0.513. The third-order valence-corrected chi connectivity index (χ3v) is 1.62. The number of nitrogens with zero attached hydrogens (tertiary/aromatic N) is 1. The lowest BCUT2D eigenvalue weighted by molar-refractivity contribution is 0.0523. The Hall–Kier alpha value is -1.78. The molecule has 0 saturated carbocycles. The molecule has 5 nitrogen and oxygen atoms in total. The third kappa shape index (κ3) is 4.63. The maximum absolute atomic E-state index is 11.3. The molecule has 1 amide bonds. The SMILES string of the molecule is CC(C)(C)OC(=O)NCc1cncc(O)c1. The maximum Gasteiger partial charge on any atom is 0.407 e. The first-order chi connectivity index (χ1) is 7.37. The summed E-state index contributed by atoms with van der Waals surface area (Å²) in [5, 5.41) is 11.7. The van der Waals surface area contributed by atoms with Gasteiger partial charge in [-0.25, -0.2) is 4.79 Å². The van der Waals surface area contributed by atoms with Crippen LogP contribution in [0.2, 0.25) is 0 Å². The van der Waals surface area contributed by atoms with Crippen LogP contribution in [0.1, 0.15) is 26.3 Å². The number of hydrogen-bond donors (Lipinski definition) is 2. The van der Waals surface area contributed by atoms with Crippen LogP contribution >= 0.6 is 0 Å². The third-order valence-electron chi connectivity index (χ3n) is 1.62. The second-order valence-corrected chi connectivity index (χ2v) is 4.41. The van der Waals surface area contributed by atoms with Gasteiger partial charge in [-0.2, -0.15) is 0 Å². The van der Waals surface area contributed by atoms with Gasteiger partial charge in [-0.1, -0.05) is 0 Å². The van der Waals surface area contributed by atoms with Gasteiger partial charge >= 0.3 is 6.09 Å². The molecule has 0 aliphatic carbocycles. The number of rotatable bonds is 2. The van der Waals surface area contributed by atoms with Crippen LogP contribution < -0.4 is 5.32 Å². The standard InChI is InChI=1S/C11H16N2O3/c1-11(2,3)16-10(15)13-6-8-4-9(14)7-12-5-8/h4-5,7,14H,6H2,1-3H3,(H,13,15). The van der Waals surface area contributed by atoms with E-state index in [0.29, 0.717) is 5.56 Å². The summed E-state index contributed by atoms with van der Waals surface area (Å²) in [4.78, 5) is 15.1. The highest BCUT2D eigenvalue weighted by Gasteiger charge is 2.15. The second-order valence-electron chi connectivity index (χ2n) is 4.41. The number of pyridine rings is 1. The van der Waals surface area contributed by atoms with E-state index < -0.39 is 11.7 Å². The van der Waals surface area contributed by atoms with E-state index in [0.717, 1.165) is 0 Å². The van der Waals surface area contributed by atoms with E-state index in [-0.39, 0.29) is 12.3 Å². The molecule has 2 N–H and O–H groups in total. The summed E-state index contributed by atoms with van der Waals surface area (Å²) < 4.78 is 5.06. The maximum atomic E-state index is 11.3. The molecule has 1 aromatic rings. The van der Waals surface area contributed by atoms with Gasteiger partial charge in [0, 0.05) is 12.7 Å². The molecular weight excluding hydrogens is 208 g/mol. The van der Waals surface area contributed by atoms with Crippen molar-refractivity contribution in [3.05, 3.63) is 24.0 Å². The molecule has 16 heavy (non-hydrogen) atoms. The molecule has 0 saturated heterocycles. The quantitative estimate of drug-likeness (QED) is 0.803. The summed E-state index contributed by atoms with van der Waals surface area (Å²) in [7, 11) is 0. The highest BCUT2D eigenvalue weighted by molar-refractivity contribution is 5.67. The van der Waals surface area contributed by atoms with Crippen molar-refractivity contribution in [1.29, 1.82) is 0 Å². The first kappa shape index (κ1) is 12.3. The van der Waals surface area contributed by atoms with Crippen molar-refractivity contribution in [3.63, 3.8) is 0 Å². The molecular formula is C11H16N2O3. The van der Waals surface area contributed by atoms with Gasteiger partial charge in [0.15, 0.2) is 0 Å². The predicted octanol–water partition coefficient (Wildman–Crippen LogP) is 1.81. The van der Waals surface area contributed by atoms with Crippen LogP contribution in [0.5, 0.6) is 5.75 Å². The highest BCUT2D eigenvalue weighted by atomic mass is 16.6. The Balaban J connectivity index is 2.43. The van der Waals surface area contributed by atoms with Gasteiger partial charge in [-0.3, -0.25) is 4.98 Å². The summed E-state index contributed by atoms with van der Waals surface area (Å²) in [6, 6.07) is 1.53. The van der Waals surface area contributed by atoms with Gasteiger partial charge in [-0.05, 0) is 32.4 Å². The molecule has 5 heteroatoms. The van der Waals surface area contributed by atoms with Crippen molar-refractivity contribution in [2.45, 2.75) is 32.9 Å². The Kier molecular flexibility index (Phi) is 3.71. The average Bonchev–Trinajstić information content (AvgIpc) is 2.12. The number of aromatic nitrogens is 1. The smallest absolute Gasteiger partial charge is 0.407 e. The molecule has 0 bridgehead atoms. The summed E-state index contributed by atoms with van der Waals surface area (Å²) in [6.07, 6.45) is 2.41. The zero-order valence-electron chi connectivity index (χ0n) is 9.65. The zero-order valence-corrected chi connectivity index (χ0v) is 9.65. The van der Waals surface area contributed by atoms with Crippen molar-refractivity contribution < 1.29 is 14.6 Å². The van der Waals surface area contributed by atoms with Gasteiger partial charge in [0.05, 0.1) is 6.20 Å². The Bertz CT molecular complexity index is 372. The van der Waals surface area contributed by atoms with Crippen LogP contribution in [0.15, 0.2) is 18.5 Å². The summed E-state index contributed by atoms with van der Waals surface area (Å²) >= 11 is 0. The number of carbonyl (C=O) groups is 1. The van der Waals surface area contributed by atoms with E-state index >= 15 is 0 Å². The lowest BCUT2D eigenvalue weighted by Gasteiger charge is -2.19. The lowest BCUT2D eigenvalue weighted by atomic mass is 10.2. The Morgan fingerprint density at radius 3 is 2.75 bits per heavy atom. The molecule has 0 fully saturated rings. The number of aromatic hydroxyl groups is 1. The van der Waals surface area contributed by atoms with Crippen LogP contribution in [-0.4, -0.2) is 21.8 Å². The van der Waals surface area contributed by atoms with E-state index in [1.807, 2.05) is 0 Å². The zero-order chi connectivity index (χ0) is 12.2. The molecule has 88 valence electrons. The molecule has 0 atom stereocenters. The van der Waals surface area contributed by atoms with Gasteiger partial charge in [0.25, 0.3) is 0 Å². The number of carbonyl (C=O) groups excluding carboxylic acids is 1. The van der Waals surface area contributed by atoms with Gasteiger partial charge in [0.2, 0.25) is 0 Å². The van der Waals surface area contributed by atoms with Crippen molar-refractivity contribution in [1.82, 2.24) is 10.3 Å². The largest absolute Gasteiger partial charge is 0.506 e. The monoisotopic (exact) mass is 224 g/mol. The van der Waals surface area contributed by atoms with E-state index in [9.17, 15) is 4.79 Å². The first-order valence-corrected chi connectivity index (χ1v) is 4.96. The fraction of sp³-hybridized carbons (Fsp3) is 0.455. The van der Waals surface area contributed by atoms with Crippen LogP contribution in [0.4, 0.5) is 4.79 Å². The van der Waals surface area contributed by atoms with Gasteiger partial charge in [-0.15, -0.1) is 0 Å². The number of hydrogen-bond acceptors (Lipinski definition) is 4. The van der Waals surface area contributed by atoms with Crippen LogP contribution in [0, 0.1) is 0 Å². The number of ether oxygens (including phenoxy) is 1. The Morgan fingerprint density at radius 1 is 1.50 bits per heavy atom. The van der Waals surface area contributed by atoms with Crippen LogP contribution in [0.25, 0.3) is 0 Å². The molecule has 0 unspecified atom stereocenters. The van der Waals surface area contributed by atoms with Gasteiger partial charge < -0.3 is 15.2 Å². The molecule has 1 aromatic heterocycles. The van der Waals surface area contributed by atoms with Crippen molar-refractivity contribution in [2.24, 2.45) is 0 Å². The van der Waals surface area contributed by atoms with E-state index in [2.05, 4.69) is 10.3 Å².